The van der Waals surface area contributed by atoms with E-state index in [2.05, 4.69) is 5.43 Å². The van der Waals surface area contributed by atoms with E-state index in [1.807, 2.05) is 0 Å². The number of rotatable bonds is 3. The molecule has 26 heavy (non-hydrogen) atoms. The molecule has 1 aromatic heterocycles. The molecule has 1 aliphatic heterocycles. The van der Waals surface area contributed by atoms with Crippen LogP contribution in [-0.2, 0) is 15.8 Å². The summed E-state index contributed by atoms with van der Waals surface area (Å²) in [5.41, 5.74) is 0.529. The third-order valence-electron chi connectivity index (χ3n) is 3.43. The molecule has 0 spiro atoms. The zero-order chi connectivity index (χ0) is 19.1. The number of carbonyl (C=O) groups is 2. The molecule has 0 aliphatic carbocycles. The number of carbonyl (C=O) groups excluding carboxylic acids is 2. The second-order valence-electron chi connectivity index (χ2n) is 5.15. The van der Waals surface area contributed by atoms with Gasteiger partial charge in [-0.3, -0.25) is 25.1 Å². The van der Waals surface area contributed by atoms with Crippen LogP contribution in [0.1, 0.15) is 10.4 Å². The highest BCUT2D eigenvalue weighted by atomic mass is 32.1. The summed E-state index contributed by atoms with van der Waals surface area (Å²) in [6.07, 6.45) is -3.44. The fraction of sp³-hybridized carbons (Fsp3) is 0.0667. The number of hydrogen-bond donors (Lipinski definition) is 1. The predicted octanol–water partition coefficient (Wildman–Crippen LogP) is 3.14. The van der Waals surface area contributed by atoms with Gasteiger partial charge in [-0.05, 0) is 24.3 Å². The molecule has 2 amide bonds. The van der Waals surface area contributed by atoms with Crippen molar-refractivity contribution in [3.05, 3.63) is 61.8 Å². The molecular formula is C15H8F3N3O4S. The highest BCUT2D eigenvalue weighted by Crippen LogP contribution is 2.32. The number of amides is 2. The monoisotopic (exact) mass is 383 g/mol. The average Bonchev–Trinajstić information content (AvgIpc) is 3.15. The molecule has 134 valence electrons. The number of hydrazine groups is 1. The minimum Gasteiger partial charge on any atom is -0.267 e. The number of halogens is 3. The van der Waals surface area contributed by atoms with E-state index >= 15 is 0 Å². The van der Waals surface area contributed by atoms with Crippen molar-refractivity contribution in [3.8, 4) is 0 Å². The lowest BCUT2D eigenvalue weighted by atomic mass is 10.1. The Bertz CT molecular complexity index is 952. The standard InChI is InChI=1S/C15H8F3N3O4S/c16-15(17,18)8-2-1-3-9(4-8)20-14(23)12(13(22)19-20)6-11-5-10(7-26-11)21(24)25/h1-7H,(H,19,22). The number of thiophene rings is 1. The zero-order valence-electron chi connectivity index (χ0n) is 12.6. The SMILES string of the molecule is O=C1NN(c2cccc(C(F)(F)F)c2)C(=O)C1=Cc1cc([N+](=O)[O-])cs1. The lowest BCUT2D eigenvalue weighted by Gasteiger charge is -2.16. The van der Waals surface area contributed by atoms with Gasteiger partial charge in [0.15, 0.2) is 0 Å². The molecule has 11 heteroatoms. The Morgan fingerprint density at radius 1 is 1.23 bits per heavy atom. The van der Waals surface area contributed by atoms with Gasteiger partial charge >= 0.3 is 6.18 Å². The summed E-state index contributed by atoms with van der Waals surface area (Å²) in [6.45, 7) is 0. The molecule has 1 aliphatic rings. The number of nitrogens with zero attached hydrogens (tertiary/aromatic N) is 2. The normalized spacial score (nSPS) is 16.3. The van der Waals surface area contributed by atoms with Crippen LogP contribution < -0.4 is 10.4 Å². The van der Waals surface area contributed by atoms with Crippen LogP contribution >= 0.6 is 11.3 Å². The van der Waals surface area contributed by atoms with Gasteiger partial charge in [0.2, 0.25) is 0 Å². The predicted molar refractivity (Wildman–Crippen MR) is 86.0 cm³/mol. The maximum Gasteiger partial charge on any atom is 0.416 e. The number of alkyl halides is 3. The Balaban J connectivity index is 1.92. The third-order valence-corrected chi connectivity index (χ3v) is 4.29. The highest BCUT2D eigenvalue weighted by Gasteiger charge is 2.36. The van der Waals surface area contributed by atoms with Gasteiger partial charge < -0.3 is 0 Å². The summed E-state index contributed by atoms with van der Waals surface area (Å²) in [6, 6.07) is 5.12. The van der Waals surface area contributed by atoms with E-state index in [0.717, 1.165) is 35.6 Å². The maximum absolute atomic E-state index is 12.8. The first-order chi connectivity index (χ1) is 12.2. The van der Waals surface area contributed by atoms with Gasteiger partial charge in [0.1, 0.15) is 5.57 Å². The summed E-state index contributed by atoms with van der Waals surface area (Å²) in [7, 11) is 0. The van der Waals surface area contributed by atoms with Crippen LogP contribution in [0, 0.1) is 10.1 Å². The molecule has 1 fully saturated rings. The van der Waals surface area contributed by atoms with Gasteiger partial charge in [-0.1, -0.05) is 6.07 Å². The average molecular weight is 383 g/mol. The number of nitrogens with one attached hydrogen (secondary N) is 1. The van der Waals surface area contributed by atoms with Gasteiger partial charge in [-0.25, -0.2) is 5.01 Å². The Hall–Kier alpha value is -3.21. The Morgan fingerprint density at radius 3 is 2.58 bits per heavy atom. The fourth-order valence-electron chi connectivity index (χ4n) is 2.22. The first kappa shape index (κ1) is 17.6. The molecule has 2 aromatic rings. The highest BCUT2D eigenvalue weighted by molar-refractivity contribution is 7.11. The topological polar surface area (TPSA) is 92.6 Å². The quantitative estimate of drug-likeness (QED) is 0.381. The summed E-state index contributed by atoms with van der Waals surface area (Å²) >= 11 is 0.954. The van der Waals surface area contributed by atoms with Gasteiger partial charge in [-0.15, -0.1) is 11.3 Å². The first-order valence-electron chi connectivity index (χ1n) is 6.94. The van der Waals surface area contributed by atoms with E-state index in [9.17, 15) is 32.9 Å². The molecular weight excluding hydrogens is 375 g/mol. The van der Waals surface area contributed by atoms with Gasteiger partial charge in [0, 0.05) is 10.9 Å². The number of nitro groups is 1. The lowest BCUT2D eigenvalue weighted by Crippen LogP contribution is -2.35. The maximum atomic E-state index is 12.8. The van der Waals surface area contributed by atoms with Crippen LogP contribution in [0.4, 0.5) is 24.5 Å². The minimum atomic E-state index is -4.60. The van der Waals surface area contributed by atoms with Crippen molar-refractivity contribution in [2.45, 2.75) is 6.18 Å². The molecule has 0 saturated carbocycles. The fourth-order valence-corrected chi connectivity index (χ4v) is 3.00. The largest absolute Gasteiger partial charge is 0.416 e. The Morgan fingerprint density at radius 2 is 1.96 bits per heavy atom. The zero-order valence-corrected chi connectivity index (χ0v) is 13.4. The van der Waals surface area contributed by atoms with Crippen molar-refractivity contribution in [2.75, 3.05) is 5.01 Å². The summed E-state index contributed by atoms with van der Waals surface area (Å²) in [5, 5.41) is 12.6. The van der Waals surface area contributed by atoms with Crippen molar-refractivity contribution >= 4 is 40.6 Å². The van der Waals surface area contributed by atoms with Crippen LogP contribution in [0.5, 0.6) is 0 Å². The summed E-state index contributed by atoms with van der Waals surface area (Å²) < 4.78 is 38.4. The second-order valence-corrected chi connectivity index (χ2v) is 6.09. The lowest BCUT2D eigenvalue weighted by molar-refractivity contribution is -0.384. The number of anilines is 1. The van der Waals surface area contributed by atoms with Crippen LogP contribution in [0.15, 0.2) is 41.3 Å². The molecule has 1 saturated heterocycles. The van der Waals surface area contributed by atoms with Crippen molar-refractivity contribution in [2.24, 2.45) is 0 Å². The van der Waals surface area contributed by atoms with Gasteiger partial charge in [0.05, 0.1) is 21.6 Å². The molecule has 0 bridgehead atoms. The molecule has 0 atom stereocenters. The van der Waals surface area contributed by atoms with Gasteiger partial charge in [0.25, 0.3) is 17.5 Å². The van der Waals surface area contributed by atoms with E-state index in [4.69, 9.17) is 0 Å². The molecule has 0 radical (unpaired) electrons. The van der Waals surface area contributed by atoms with E-state index in [1.54, 1.807) is 0 Å². The molecule has 7 nitrogen and oxygen atoms in total. The Kier molecular flexibility index (Phi) is 4.24. The van der Waals surface area contributed by atoms with E-state index in [0.29, 0.717) is 9.89 Å². The summed E-state index contributed by atoms with van der Waals surface area (Å²) in [5.74, 6) is -1.67. The molecule has 0 unspecified atom stereocenters. The second kappa shape index (κ2) is 6.26. The molecule has 3 rings (SSSR count). The van der Waals surface area contributed by atoms with Crippen LogP contribution in [0.3, 0.4) is 0 Å². The first-order valence-corrected chi connectivity index (χ1v) is 7.82. The smallest absolute Gasteiger partial charge is 0.267 e. The number of hydrogen-bond acceptors (Lipinski definition) is 5. The molecule has 2 heterocycles. The van der Waals surface area contributed by atoms with Crippen molar-refractivity contribution in [1.82, 2.24) is 5.43 Å². The van der Waals surface area contributed by atoms with E-state index < -0.39 is 28.5 Å². The van der Waals surface area contributed by atoms with Crippen LogP contribution in [0.2, 0.25) is 0 Å². The van der Waals surface area contributed by atoms with E-state index in [1.165, 1.54) is 17.5 Å². The van der Waals surface area contributed by atoms with Crippen molar-refractivity contribution in [1.29, 1.82) is 0 Å². The minimum absolute atomic E-state index is 0.154. The van der Waals surface area contributed by atoms with Gasteiger partial charge in [-0.2, -0.15) is 13.2 Å². The van der Waals surface area contributed by atoms with Crippen LogP contribution in [0.25, 0.3) is 6.08 Å². The summed E-state index contributed by atoms with van der Waals surface area (Å²) in [4.78, 5) is 34.7. The van der Waals surface area contributed by atoms with E-state index in [-0.39, 0.29) is 16.9 Å². The molecule has 1 aromatic carbocycles. The van der Waals surface area contributed by atoms with Crippen LogP contribution in [-0.4, -0.2) is 16.7 Å². The number of benzene rings is 1. The third kappa shape index (κ3) is 3.28. The van der Waals surface area contributed by atoms with Crippen molar-refractivity contribution in [3.63, 3.8) is 0 Å². The molecule has 1 N–H and O–H groups in total. The Labute approximate surface area is 147 Å². The van der Waals surface area contributed by atoms with Crippen molar-refractivity contribution < 1.29 is 27.7 Å².